The SMILES string of the molecule is CN1CCC(CO)(Cc2ccc(N(C)C)cc2)C1. The van der Waals surface area contributed by atoms with E-state index in [9.17, 15) is 5.11 Å². The fraction of sp³-hybridized carbons (Fsp3) is 0.600. The van der Waals surface area contributed by atoms with Gasteiger partial charge in [-0.05, 0) is 44.1 Å². The van der Waals surface area contributed by atoms with E-state index in [0.717, 1.165) is 25.9 Å². The van der Waals surface area contributed by atoms with Gasteiger partial charge in [-0.25, -0.2) is 0 Å². The summed E-state index contributed by atoms with van der Waals surface area (Å²) in [5.41, 5.74) is 2.61. The van der Waals surface area contributed by atoms with Crippen LogP contribution in [-0.4, -0.2) is 50.8 Å². The lowest BCUT2D eigenvalue weighted by atomic mass is 9.81. The molecule has 0 spiro atoms. The van der Waals surface area contributed by atoms with E-state index in [4.69, 9.17) is 0 Å². The fourth-order valence-corrected chi connectivity index (χ4v) is 2.83. The van der Waals surface area contributed by atoms with E-state index >= 15 is 0 Å². The fourth-order valence-electron chi connectivity index (χ4n) is 2.83. The first-order valence-corrected chi connectivity index (χ1v) is 6.60. The number of benzene rings is 1. The van der Waals surface area contributed by atoms with Crippen LogP contribution in [0.3, 0.4) is 0 Å². The maximum atomic E-state index is 9.70. The van der Waals surface area contributed by atoms with Gasteiger partial charge in [-0.3, -0.25) is 0 Å². The van der Waals surface area contributed by atoms with E-state index in [1.807, 2.05) is 0 Å². The lowest BCUT2D eigenvalue weighted by Crippen LogP contribution is -2.31. The van der Waals surface area contributed by atoms with Crippen molar-refractivity contribution in [3.8, 4) is 0 Å². The monoisotopic (exact) mass is 248 g/mol. The van der Waals surface area contributed by atoms with Gasteiger partial charge in [0.25, 0.3) is 0 Å². The van der Waals surface area contributed by atoms with Crippen LogP contribution in [0.2, 0.25) is 0 Å². The Balaban J connectivity index is 2.08. The van der Waals surface area contributed by atoms with Crippen molar-refractivity contribution < 1.29 is 5.11 Å². The van der Waals surface area contributed by atoms with E-state index in [1.54, 1.807) is 0 Å². The van der Waals surface area contributed by atoms with Crippen LogP contribution in [0.15, 0.2) is 24.3 Å². The Bertz CT molecular complexity index is 388. The molecule has 1 heterocycles. The van der Waals surface area contributed by atoms with Gasteiger partial charge >= 0.3 is 0 Å². The molecule has 0 amide bonds. The van der Waals surface area contributed by atoms with E-state index in [0.29, 0.717) is 0 Å². The smallest absolute Gasteiger partial charge is 0.0503 e. The number of nitrogens with zero attached hydrogens (tertiary/aromatic N) is 2. The summed E-state index contributed by atoms with van der Waals surface area (Å²) >= 11 is 0. The summed E-state index contributed by atoms with van der Waals surface area (Å²) in [6.45, 7) is 2.38. The minimum Gasteiger partial charge on any atom is -0.396 e. The van der Waals surface area contributed by atoms with Crippen LogP contribution in [0.1, 0.15) is 12.0 Å². The zero-order valence-electron chi connectivity index (χ0n) is 11.7. The van der Waals surface area contributed by atoms with Crippen LogP contribution in [0.4, 0.5) is 5.69 Å². The number of aliphatic hydroxyl groups excluding tert-OH is 1. The third kappa shape index (κ3) is 2.85. The molecule has 1 aromatic carbocycles. The summed E-state index contributed by atoms with van der Waals surface area (Å²) in [6.07, 6.45) is 2.07. The largest absolute Gasteiger partial charge is 0.396 e. The Labute approximate surface area is 110 Å². The Morgan fingerprint density at radius 3 is 2.39 bits per heavy atom. The molecule has 3 heteroatoms. The lowest BCUT2D eigenvalue weighted by molar-refractivity contribution is 0.132. The molecule has 0 radical (unpaired) electrons. The molecule has 100 valence electrons. The molecule has 1 aliphatic rings. The Kier molecular flexibility index (Phi) is 3.93. The molecule has 1 unspecified atom stereocenters. The zero-order chi connectivity index (χ0) is 13.2. The van der Waals surface area contributed by atoms with Gasteiger partial charge in [0.05, 0.1) is 6.61 Å². The van der Waals surface area contributed by atoms with Gasteiger partial charge in [-0.1, -0.05) is 12.1 Å². The molecule has 1 atom stereocenters. The predicted octanol–water partition coefficient (Wildman–Crippen LogP) is 1.61. The molecule has 0 bridgehead atoms. The summed E-state index contributed by atoms with van der Waals surface area (Å²) in [6, 6.07) is 8.67. The van der Waals surface area contributed by atoms with E-state index in [-0.39, 0.29) is 12.0 Å². The Hall–Kier alpha value is -1.06. The van der Waals surface area contributed by atoms with Crippen molar-refractivity contribution in [1.29, 1.82) is 0 Å². The van der Waals surface area contributed by atoms with Gasteiger partial charge in [0.2, 0.25) is 0 Å². The predicted molar refractivity (Wildman–Crippen MR) is 76.1 cm³/mol. The third-order valence-corrected chi connectivity index (χ3v) is 4.00. The van der Waals surface area contributed by atoms with Crippen molar-refractivity contribution in [1.82, 2.24) is 4.90 Å². The maximum Gasteiger partial charge on any atom is 0.0503 e. The molecule has 0 aliphatic carbocycles. The van der Waals surface area contributed by atoms with Crippen LogP contribution in [0.25, 0.3) is 0 Å². The number of likely N-dealkylation sites (tertiary alicyclic amines) is 1. The van der Waals surface area contributed by atoms with Crippen LogP contribution in [0.5, 0.6) is 0 Å². The first kappa shape index (κ1) is 13.4. The van der Waals surface area contributed by atoms with Gasteiger partial charge < -0.3 is 14.9 Å². The molecule has 3 nitrogen and oxygen atoms in total. The second kappa shape index (κ2) is 5.29. The minimum absolute atomic E-state index is 0.0639. The number of anilines is 1. The summed E-state index contributed by atoms with van der Waals surface area (Å²) < 4.78 is 0. The van der Waals surface area contributed by atoms with Crippen LogP contribution >= 0.6 is 0 Å². The highest BCUT2D eigenvalue weighted by atomic mass is 16.3. The van der Waals surface area contributed by atoms with Crippen molar-refractivity contribution in [3.05, 3.63) is 29.8 Å². The first-order chi connectivity index (χ1) is 8.54. The number of rotatable bonds is 4. The van der Waals surface area contributed by atoms with Gasteiger partial charge in [0.1, 0.15) is 0 Å². The lowest BCUT2D eigenvalue weighted by Gasteiger charge is -2.27. The average Bonchev–Trinajstić information content (AvgIpc) is 2.72. The van der Waals surface area contributed by atoms with Crippen molar-refractivity contribution in [2.24, 2.45) is 5.41 Å². The molecule has 1 aliphatic heterocycles. The van der Waals surface area contributed by atoms with Crippen LogP contribution < -0.4 is 4.90 Å². The Morgan fingerprint density at radius 1 is 1.28 bits per heavy atom. The number of hydrogen-bond donors (Lipinski definition) is 1. The minimum atomic E-state index is 0.0639. The highest BCUT2D eigenvalue weighted by Gasteiger charge is 2.36. The molecular weight excluding hydrogens is 224 g/mol. The number of hydrogen-bond acceptors (Lipinski definition) is 3. The molecule has 0 saturated carbocycles. The van der Waals surface area contributed by atoms with Crippen LogP contribution in [-0.2, 0) is 6.42 Å². The van der Waals surface area contributed by atoms with Gasteiger partial charge in [0, 0.05) is 31.7 Å². The quantitative estimate of drug-likeness (QED) is 0.877. The molecule has 2 rings (SSSR count). The van der Waals surface area contributed by atoms with Crippen molar-refractivity contribution >= 4 is 5.69 Å². The summed E-state index contributed by atoms with van der Waals surface area (Å²) in [5.74, 6) is 0. The van der Waals surface area contributed by atoms with E-state index in [2.05, 4.69) is 55.2 Å². The van der Waals surface area contributed by atoms with Crippen molar-refractivity contribution in [3.63, 3.8) is 0 Å². The zero-order valence-corrected chi connectivity index (χ0v) is 11.7. The van der Waals surface area contributed by atoms with Gasteiger partial charge in [-0.2, -0.15) is 0 Å². The maximum absolute atomic E-state index is 9.70. The Morgan fingerprint density at radius 2 is 1.94 bits per heavy atom. The molecule has 1 saturated heterocycles. The molecule has 1 fully saturated rings. The van der Waals surface area contributed by atoms with Crippen LogP contribution in [0, 0.1) is 5.41 Å². The standard InChI is InChI=1S/C15H24N2O/c1-16(2)14-6-4-13(5-7-14)10-15(12-18)8-9-17(3)11-15/h4-7,18H,8-12H2,1-3H3. The summed E-state index contributed by atoms with van der Waals surface area (Å²) in [7, 11) is 6.23. The normalized spacial score (nSPS) is 24.4. The third-order valence-electron chi connectivity index (χ3n) is 4.00. The van der Waals surface area contributed by atoms with E-state index in [1.165, 1.54) is 11.3 Å². The van der Waals surface area contributed by atoms with Crippen molar-refractivity contribution in [2.75, 3.05) is 45.7 Å². The topological polar surface area (TPSA) is 26.7 Å². The summed E-state index contributed by atoms with van der Waals surface area (Å²) in [4.78, 5) is 4.42. The molecular formula is C15H24N2O. The second-order valence-electron chi connectivity index (χ2n) is 5.88. The average molecular weight is 248 g/mol. The highest BCUT2D eigenvalue weighted by Crippen LogP contribution is 2.33. The van der Waals surface area contributed by atoms with Gasteiger partial charge in [-0.15, -0.1) is 0 Å². The molecule has 1 aromatic rings. The van der Waals surface area contributed by atoms with E-state index < -0.39 is 0 Å². The highest BCUT2D eigenvalue weighted by molar-refractivity contribution is 5.46. The molecule has 0 aromatic heterocycles. The molecule has 18 heavy (non-hydrogen) atoms. The number of aliphatic hydroxyl groups is 1. The van der Waals surface area contributed by atoms with Gasteiger partial charge in [0.15, 0.2) is 0 Å². The first-order valence-electron chi connectivity index (χ1n) is 6.60. The summed E-state index contributed by atoms with van der Waals surface area (Å²) in [5, 5.41) is 9.70. The van der Waals surface area contributed by atoms with Crippen molar-refractivity contribution in [2.45, 2.75) is 12.8 Å². The molecule has 1 N–H and O–H groups in total. The second-order valence-corrected chi connectivity index (χ2v) is 5.88.